The molecule has 0 aromatic heterocycles. The Kier molecular flexibility index (Phi) is 5.56. The number of carbonyl (C=O) groups excluding carboxylic acids is 1. The normalized spacial score (nSPS) is 20.2. The Morgan fingerprint density at radius 2 is 1.40 bits per heavy atom. The van der Waals surface area contributed by atoms with Crippen LogP contribution in [0.1, 0.15) is 44.7 Å². The number of carbonyl (C=O) groups is 1. The first kappa shape index (κ1) is 17.7. The summed E-state index contributed by atoms with van der Waals surface area (Å²) in [6.07, 6.45) is 1.76. The number of amides is 2. The monoisotopic (exact) mass is 401 g/mol. The molecule has 2 atom stereocenters. The van der Waals surface area contributed by atoms with Gasteiger partial charge < -0.3 is 0 Å². The van der Waals surface area contributed by atoms with Crippen LogP contribution in [0.5, 0.6) is 0 Å². The summed E-state index contributed by atoms with van der Waals surface area (Å²) in [5, 5.41) is 4.27. The third-order valence-corrected chi connectivity index (χ3v) is 7.61. The molecule has 1 fully saturated rings. The quantitative estimate of drug-likeness (QED) is 0.600. The summed E-state index contributed by atoms with van der Waals surface area (Å²) in [6, 6.07) is 16.9. The molecule has 5 heteroatoms. The van der Waals surface area contributed by atoms with E-state index in [1.54, 1.807) is 0 Å². The summed E-state index contributed by atoms with van der Waals surface area (Å²) >= 11 is 0.427. The molecule has 0 radical (unpaired) electrons. The molecule has 1 saturated heterocycles. The minimum atomic E-state index is -0.609. The average molecular weight is 400 g/mol. The maximum absolute atomic E-state index is 11.0. The first-order valence-electron chi connectivity index (χ1n) is 8.41. The Labute approximate surface area is 155 Å². The van der Waals surface area contributed by atoms with Gasteiger partial charge in [-0.05, 0) is 0 Å². The van der Waals surface area contributed by atoms with Gasteiger partial charge in [0.05, 0.1) is 0 Å². The summed E-state index contributed by atoms with van der Waals surface area (Å²) < 4.78 is 0. The fourth-order valence-corrected chi connectivity index (χ4v) is 6.35. The van der Waals surface area contributed by atoms with E-state index in [-0.39, 0.29) is 0 Å². The molecule has 1 aliphatic rings. The van der Waals surface area contributed by atoms with Crippen molar-refractivity contribution in [3.8, 4) is 0 Å². The predicted octanol–water partition coefficient (Wildman–Crippen LogP) is 3.61. The Balaban J connectivity index is 1.87. The van der Waals surface area contributed by atoms with Crippen LogP contribution in [0.25, 0.3) is 0 Å². The fraction of sp³-hybridized carbons (Fsp3) is 0.300. The van der Waals surface area contributed by atoms with Crippen LogP contribution in [0.4, 0.5) is 4.79 Å². The van der Waals surface area contributed by atoms with Gasteiger partial charge in [0.1, 0.15) is 0 Å². The van der Waals surface area contributed by atoms with Gasteiger partial charge in [0.2, 0.25) is 0 Å². The molecule has 25 heavy (non-hydrogen) atoms. The second-order valence-corrected chi connectivity index (χ2v) is 9.46. The van der Waals surface area contributed by atoms with Crippen LogP contribution >= 0.6 is 0 Å². The second-order valence-electron chi connectivity index (χ2n) is 6.50. The molecule has 4 nitrogen and oxygen atoms in total. The van der Waals surface area contributed by atoms with E-state index in [2.05, 4.69) is 72.9 Å². The topological polar surface area (TPSA) is 67.5 Å². The van der Waals surface area contributed by atoms with E-state index >= 15 is 0 Å². The van der Waals surface area contributed by atoms with Crippen LogP contribution in [0, 0.1) is 13.8 Å². The summed E-state index contributed by atoms with van der Waals surface area (Å²) in [5.41, 5.74) is 13.9. The second kappa shape index (κ2) is 7.85. The van der Waals surface area contributed by atoms with Gasteiger partial charge in [-0.1, -0.05) is 0 Å². The van der Waals surface area contributed by atoms with Crippen LogP contribution in [0.15, 0.2) is 53.6 Å². The molecule has 1 heterocycles. The molecule has 3 rings (SSSR count). The SMILES string of the molecule is Cc1ccc(C2CC(=NNC(N)=O)CC(c3ccc(C)cc3)[Se]2)cc1. The Morgan fingerprint density at radius 1 is 0.960 bits per heavy atom. The van der Waals surface area contributed by atoms with Crippen molar-refractivity contribution in [3.63, 3.8) is 0 Å². The minimum absolute atomic E-state index is 0.427. The molecule has 0 spiro atoms. The summed E-state index contributed by atoms with van der Waals surface area (Å²) in [4.78, 5) is 11.9. The first-order valence-corrected chi connectivity index (χ1v) is 10.4. The average Bonchev–Trinajstić information content (AvgIpc) is 2.61. The molecule has 0 bridgehead atoms. The van der Waals surface area contributed by atoms with E-state index in [0.29, 0.717) is 24.6 Å². The number of hydrogen-bond acceptors (Lipinski definition) is 2. The molecule has 0 saturated carbocycles. The number of benzene rings is 2. The summed E-state index contributed by atoms with van der Waals surface area (Å²) in [7, 11) is 0. The van der Waals surface area contributed by atoms with Gasteiger partial charge >= 0.3 is 155 Å². The van der Waals surface area contributed by atoms with Crippen LogP contribution < -0.4 is 11.2 Å². The van der Waals surface area contributed by atoms with Crippen molar-refractivity contribution in [2.75, 3.05) is 0 Å². The molecule has 130 valence electrons. The van der Waals surface area contributed by atoms with Crippen molar-refractivity contribution in [3.05, 3.63) is 70.8 Å². The van der Waals surface area contributed by atoms with Gasteiger partial charge in [0, 0.05) is 0 Å². The predicted molar refractivity (Wildman–Crippen MR) is 103 cm³/mol. The zero-order valence-corrected chi connectivity index (χ0v) is 16.2. The number of primary amides is 1. The fourth-order valence-electron chi connectivity index (χ4n) is 2.99. The number of nitrogens with zero attached hydrogens (tertiary/aromatic N) is 1. The van der Waals surface area contributed by atoms with Crippen molar-refractivity contribution >= 4 is 26.7 Å². The van der Waals surface area contributed by atoms with E-state index < -0.39 is 6.03 Å². The molecule has 3 N–H and O–H groups in total. The molecule has 2 aromatic rings. The van der Waals surface area contributed by atoms with Gasteiger partial charge in [-0.2, -0.15) is 0 Å². The molecule has 2 aromatic carbocycles. The zero-order valence-electron chi connectivity index (χ0n) is 14.5. The Bertz CT molecular complexity index is 713. The molecule has 2 amide bonds. The summed E-state index contributed by atoms with van der Waals surface area (Å²) in [6.45, 7) is 4.21. The van der Waals surface area contributed by atoms with Crippen LogP contribution in [0.3, 0.4) is 0 Å². The van der Waals surface area contributed by atoms with Crippen LogP contribution in [-0.2, 0) is 0 Å². The van der Waals surface area contributed by atoms with Gasteiger partial charge in [-0.25, -0.2) is 0 Å². The number of nitrogens with one attached hydrogen (secondary N) is 1. The maximum atomic E-state index is 11.0. The van der Waals surface area contributed by atoms with E-state index in [1.165, 1.54) is 22.3 Å². The number of nitrogens with two attached hydrogens (primary N) is 1. The standard InChI is InChI=1S/C20H23N3OSe/c1-13-3-7-15(8-4-13)18-11-17(22-23-20(21)24)12-19(25-18)16-9-5-14(2)6-10-16/h3-10,18-19H,11-12H2,1-2H3,(H3,21,23,24). The van der Waals surface area contributed by atoms with Gasteiger partial charge in [0.25, 0.3) is 0 Å². The molecular weight excluding hydrogens is 377 g/mol. The summed E-state index contributed by atoms with van der Waals surface area (Å²) in [5.74, 6) is 0. The van der Waals surface area contributed by atoms with Crippen molar-refractivity contribution in [1.82, 2.24) is 5.43 Å². The number of hydrazone groups is 1. The zero-order chi connectivity index (χ0) is 17.8. The Hall–Kier alpha value is -2.10. The van der Waals surface area contributed by atoms with Gasteiger partial charge in [-0.3, -0.25) is 0 Å². The van der Waals surface area contributed by atoms with Crippen molar-refractivity contribution in [2.24, 2.45) is 10.8 Å². The molecule has 0 aliphatic carbocycles. The molecule has 1 aliphatic heterocycles. The van der Waals surface area contributed by atoms with Crippen molar-refractivity contribution < 1.29 is 4.79 Å². The molecule has 2 unspecified atom stereocenters. The third kappa shape index (κ3) is 4.71. The third-order valence-electron chi connectivity index (χ3n) is 4.39. The van der Waals surface area contributed by atoms with E-state index in [9.17, 15) is 4.79 Å². The number of aryl methyl sites for hydroxylation is 2. The number of hydrogen-bond donors (Lipinski definition) is 2. The van der Waals surface area contributed by atoms with Crippen molar-refractivity contribution in [1.29, 1.82) is 0 Å². The van der Waals surface area contributed by atoms with Gasteiger partial charge in [0.15, 0.2) is 0 Å². The number of rotatable bonds is 3. The van der Waals surface area contributed by atoms with E-state index in [4.69, 9.17) is 5.73 Å². The van der Waals surface area contributed by atoms with Crippen LogP contribution in [0.2, 0.25) is 0 Å². The Morgan fingerprint density at radius 3 is 1.80 bits per heavy atom. The number of urea groups is 1. The van der Waals surface area contributed by atoms with E-state index in [0.717, 1.165) is 18.6 Å². The molecular formula is C20H23N3OSe. The van der Waals surface area contributed by atoms with Crippen molar-refractivity contribution in [2.45, 2.75) is 36.3 Å². The van der Waals surface area contributed by atoms with Crippen LogP contribution in [-0.4, -0.2) is 26.7 Å². The first-order chi connectivity index (χ1) is 12.0. The van der Waals surface area contributed by atoms with E-state index in [1.807, 2.05) is 0 Å². The van der Waals surface area contributed by atoms with Gasteiger partial charge in [-0.15, -0.1) is 0 Å².